The first kappa shape index (κ1) is 17.5. The van der Waals surface area contributed by atoms with Gasteiger partial charge in [-0.05, 0) is 12.1 Å². The maximum Gasteiger partial charge on any atom is 0.252 e. The fourth-order valence-corrected chi connectivity index (χ4v) is 3.26. The van der Waals surface area contributed by atoms with Gasteiger partial charge in [-0.3, -0.25) is 9.59 Å². The minimum Gasteiger partial charge on any atom is -0.374 e. The predicted octanol–water partition coefficient (Wildman–Crippen LogP) is 1.41. The number of amides is 2. The van der Waals surface area contributed by atoms with Crippen molar-refractivity contribution in [2.75, 3.05) is 24.6 Å². The number of nitrogens with two attached hydrogens (primary N) is 1. The summed E-state index contributed by atoms with van der Waals surface area (Å²) in [6.07, 6.45) is 0. The Morgan fingerprint density at radius 2 is 1.96 bits per heavy atom. The molecule has 0 aliphatic heterocycles. The van der Waals surface area contributed by atoms with Gasteiger partial charge in [-0.2, -0.15) is 0 Å². The number of hydrogen-bond donors (Lipinski definition) is 3. The van der Waals surface area contributed by atoms with E-state index in [0.717, 1.165) is 0 Å². The molecular formula is C13H14ClN5O2S2. The van der Waals surface area contributed by atoms with Crippen molar-refractivity contribution in [3.63, 3.8) is 0 Å². The number of nitrogens with zero attached hydrogens (tertiary/aromatic N) is 2. The van der Waals surface area contributed by atoms with E-state index in [1.54, 1.807) is 24.3 Å². The number of aromatic nitrogens is 2. The first-order valence-electron chi connectivity index (χ1n) is 6.57. The lowest BCUT2D eigenvalue weighted by molar-refractivity contribution is -0.118. The zero-order chi connectivity index (χ0) is 16.7. The summed E-state index contributed by atoms with van der Waals surface area (Å²) in [4.78, 5) is 23.5. The Hall–Kier alpha value is -1.84. The fraction of sp³-hybridized carbons (Fsp3) is 0.231. The maximum absolute atomic E-state index is 11.9. The van der Waals surface area contributed by atoms with Gasteiger partial charge < -0.3 is 16.4 Å². The summed E-state index contributed by atoms with van der Waals surface area (Å²) in [7, 11) is 0. The lowest BCUT2D eigenvalue weighted by Gasteiger charge is -2.07. The molecule has 122 valence electrons. The van der Waals surface area contributed by atoms with Crippen LogP contribution in [-0.2, 0) is 4.79 Å². The van der Waals surface area contributed by atoms with Crippen molar-refractivity contribution in [2.24, 2.45) is 0 Å². The van der Waals surface area contributed by atoms with Gasteiger partial charge in [0, 0.05) is 13.1 Å². The summed E-state index contributed by atoms with van der Waals surface area (Å²) in [6, 6.07) is 6.78. The Morgan fingerprint density at radius 3 is 2.65 bits per heavy atom. The van der Waals surface area contributed by atoms with Crippen LogP contribution in [0.3, 0.4) is 0 Å². The number of rotatable bonds is 7. The van der Waals surface area contributed by atoms with Crippen LogP contribution in [0.15, 0.2) is 28.6 Å². The van der Waals surface area contributed by atoms with Crippen LogP contribution in [0.1, 0.15) is 10.4 Å². The summed E-state index contributed by atoms with van der Waals surface area (Å²) in [5, 5.41) is 13.6. The van der Waals surface area contributed by atoms with Gasteiger partial charge in [0.1, 0.15) is 0 Å². The van der Waals surface area contributed by atoms with Gasteiger partial charge in [-0.1, -0.05) is 46.8 Å². The number of nitrogen functional groups attached to an aromatic ring is 1. The van der Waals surface area contributed by atoms with Gasteiger partial charge >= 0.3 is 0 Å². The summed E-state index contributed by atoms with van der Waals surface area (Å²) in [6.45, 7) is 0.639. The minimum atomic E-state index is -0.274. The molecule has 0 fully saturated rings. The lowest BCUT2D eigenvalue weighted by atomic mass is 10.2. The van der Waals surface area contributed by atoms with Gasteiger partial charge in [-0.25, -0.2) is 0 Å². The van der Waals surface area contributed by atoms with E-state index in [2.05, 4.69) is 20.8 Å². The topological polar surface area (TPSA) is 110 Å². The molecule has 2 rings (SSSR count). The second kappa shape index (κ2) is 8.70. The van der Waals surface area contributed by atoms with Crippen molar-refractivity contribution in [3.05, 3.63) is 34.9 Å². The number of nitrogens with one attached hydrogen (secondary N) is 2. The molecule has 2 amide bonds. The lowest BCUT2D eigenvalue weighted by Crippen LogP contribution is -2.35. The van der Waals surface area contributed by atoms with E-state index >= 15 is 0 Å². The van der Waals surface area contributed by atoms with Crippen LogP contribution in [0.5, 0.6) is 0 Å². The highest BCUT2D eigenvalue weighted by Crippen LogP contribution is 2.22. The molecule has 0 aliphatic carbocycles. The Bertz CT molecular complexity index is 695. The molecule has 0 saturated heterocycles. The van der Waals surface area contributed by atoms with Gasteiger partial charge in [0.05, 0.1) is 16.3 Å². The average molecular weight is 372 g/mol. The normalized spacial score (nSPS) is 10.3. The summed E-state index contributed by atoms with van der Waals surface area (Å²) < 4.78 is 0.643. The predicted molar refractivity (Wildman–Crippen MR) is 91.8 cm³/mol. The number of carbonyl (C=O) groups is 2. The highest BCUT2D eigenvalue weighted by molar-refractivity contribution is 8.01. The quantitative estimate of drug-likeness (QED) is 0.501. The van der Waals surface area contributed by atoms with Crippen LogP contribution in [0.2, 0.25) is 5.02 Å². The van der Waals surface area contributed by atoms with E-state index < -0.39 is 0 Å². The summed E-state index contributed by atoms with van der Waals surface area (Å²) in [5.41, 5.74) is 5.86. The first-order valence-corrected chi connectivity index (χ1v) is 8.75. The second-order valence-electron chi connectivity index (χ2n) is 4.28. The standard InChI is InChI=1S/C13H14ClN5O2S2/c14-9-4-2-1-3-8(9)11(21)17-6-5-16-10(20)7-22-13-19-18-12(15)23-13/h1-4H,5-7H2,(H2,15,18)(H,16,20)(H,17,21). The van der Waals surface area contributed by atoms with E-state index in [9.17, 15) is 9.59 Å². The van der Waals surface area contributed by atoms with E-state index in [1.807, 2.05) is 0 Å². The number of thioether (sulfide) groups is 1. The molecule has 2 aromatic rings. The molecule has 0 bridgehead atoms. The molecule has 1 heterocycles. The molecule has 0 saturated carbocycles. The largest absolute Gasteiger partial charge is 0.374 e. The average Bonchev–Trinajstić information content (AvgIpc) is 2.95. The van der Waals surface area contributed by atoms with Crippen LogP contribution >= 0.6 is 34.7 Å². The Kier molecular flexibility index (Phi) is 6.63. The number of carbonyl (C=O) groups excluding carboxylic acids is 2. The number of benzene rings is 1. The Morgan fingerprint density at radius 1 is 1.22 bits per heavy atom. The van der Waals surface area contributed by atoms with Crippen molar-refractivity contribution in [2.45, 2.75) is 4.34 Å². The van der Waals surface area contributed by atoms with Crippen LogP contribution in [0, 0.1) is 0 Å². The molecule has 1 aromatic heterocycles. The van der Waals surface area contributed by atoms with Crippen molar-refractivity contribution >= 4 is 51.6 Å². The molecule has 0 aliphatic rings. The Balaban J connectivity index is 1.64. The highest BCUT2D eigenvalue weighted by atomic mass is 35.5. The number of halogens is 1. The smallest absolute Gasteiger partial charge is 0.252 e. The monoisotopic (exact) mass is 371 g/mol. The highest BCUT2D eigenvalue weighted by Gasteiger charge is 2.09. The molecular weight excluding hydrogens is 358 g/mol. The van der Waals surface area contributed by atoms with E-state index in [-0.39, 0.29) is 17.6 Å². The third-order valence-electron chi connectivity index (χ3n) is 2.60. The molecule has 0 radical (unpaired) electrons. The summed E-state index contributed by atoms with van der Waals surface area (Å²) >= 11 is 8.42. The van der Waals surface area contributed by atoms with E-state index in [0.29, 0.717) is 33.1 Å². The SMILES string of the molecule is Nc1nnc(SCC(=O)NCCNC(=O)c2ccccc2Cl)s1. The van der Waals surface area contributed by atoms with Gasteiger partial charge in [0.25, 0.3) is 5.91 Å². The molecule has 1 aromatic carbocycles. The molecule has 0 spiro atoms. The number of hydrogen-bond acceptors (Lipinski definition) is 7. The van der Waals surface area contributed by atoms with E-state index in [1.165, 1.54) is 23.1 Å². The molecule has 0 atom stereocenters. The first-order chi connectivity index (χ1) is 11.1. The van der Waals surface area contributed by atoms with Gasteiger partial charge in [0.15, 0.2) is 4.34 Å². The second-order valence-corrected chi connectivity index (χ2v) is 6.92. The van der Waals surface area contributed by atoms with Crippen molar-refractivity contribution in [3.8, 4) is 0 Å². The third-order valence-corrected chi connectivity index (χ3v) is 4.82. The minimum absolute atomic E-state index is 0.157. The van der Waals surface area contributed by atoms with Crippen molar-refractivity contribution < 1.29 is 9.59 Å². The Labute approximate surface area is 146 Å². The van der Waals surface area contributed by atoms with Crippen LogP contribution in [0.25, 0.3) is 0 Å². The van der Waals surface area contributed by atoms with Crippen LogP contribution in [0.4, 0.5) is 5.13 Å². The van der Waals surface area contributed by atoms with Crippen molar-refractivity contribution in [1.82, 2.24) is 20.8 Å². The molecule has 0 unspecified atom stereocenters. The van der Waals surface area contributed by atoms with Gasteiger partial charge in [-0.15, -0.1) is 10.2 Å². The maximum atomic E-state index is 11.9. The molecule has 23 heavy (non-hydrogen) atoms. The zero-order valence-electron chi connectivity index (χ0n) is 11.9. The van der Waals surface area contributed by atoms with Crippen LogP contribution in [-0.4, -0.2) is 40.9 Å². The third kappa shape index (κ3) is 5.70. The summed E-state index contributed by atoms with van der Waals surface area (Å²) in [5.74, 6) is -0.216. The molecule has 7 nitrogen and oxygen atoms in total. The zero-order valence-corrected chi connectivity index (χ0v) is 14.3. The van der Waals surface area contributed by atoms with E-state index in [4.69, 9.17) is 17.3 Å². The van der Waals surface area contributed by atoms with Crippen LogP contribution < -0.4 is 16.4 Å². The fourth-order valence-electron chi connectivity index (χ4n) is 1.58. The van der Waals surface area contributed by atoms with Gasteiger partial charge in [0.2, 0.25) is 11.0 Å². The molecule has 10 heteroatoms. The number of anilines is 1. The van der Waals surface area contributed by atoms with Crippen molar-refractivity contribution in [1.29, 1.82) is 0 Å². The molecule has 4 N–H and O–H groups in total.